The summed E-state index contributed by atoms with van der Waals surface area (Å²) in [6, 6.07) is 9.28. The summed E-state index contributed by atoms with van der Waals surface area (Å²) in [6.45, 7) is 0. The van der Waals surface area contributed by atoms with Crippen molar-refractivity contribution in [2.75, 3.05) is 14.2 Å². The van der Waals surface area contributed by atoms with Crippen LogP contribution in [-0.2, 0) is 0 Å². The third-order valence-corrected chi connectivity index (χ3v) is 2.64. The van der Waals surface area contributed by atoms with Crippen molar-refractivity contribution in [2.24, 2.45) is 5.73 Å². The summed E-state index contributed by atoms with van der Waals surface area (Å²) < 4.78 is 10.4. The number of rotatable bonds is 3. The van der Waals surface area contributed by atoms with Crippen LogP contribution in [-0.4, -0.2) is 20.1 Å². The highest BCUT2D eigenvalue weighted by molar-refractivity contribution is 6.09. The fourth-order valence-electron chi connectivity index (χ4n) is 1.90. The number of carbonyl (C=O) groups excluding carboxylic acids is 1. The van der Waals surface area contributed by atoms with Crippen LogP contribution in [0.1, 0.15) is 10.4 Å². The number of ether oxygens (including phenoxy) is 2. The van der Waals surface area contributed by atoms with Crippen molar-refractivity contribution < 1.29 is 14.3 Å². The molecule has 2 aromatic carbocycles. The molecule has 0 aliphatic carbocycles. The fourth-order valence-corrected chi connectivity index (χ4v) is 1.90. The smallest absolute Gasteiger partial charge is 0.253 e. The molecule has 0 fully saturated rings. The Balaban J connectivity index is 2.90. The van der Waals surface area contributed by atoms with Crippen molar-refractivity contribution in [1.29, 1.82) is 0 Å². The molecule has 2 N–H and O–H groups in total. The van der Waals surface area contributed by atoms with Crippen LogP contribution in [0.4, 0.5) is 0 Å². The Kier molecular flexibility index (Phi) is 2.87. The van der Waals surface area contributed by atoms with E-state index < -0.39 is 5.91 Å². The molecule has 0 aliphatic rings. The molecule has 0 saturated carbocycles. The van der Waals surface area contributed by atoms with E-state index >= 15 is 0 Å². The van der Waals surface area contributed by atoms with Crippen LogP contribution in [0.15, 0.2) is 30.3 Å². The Morgan fingerprint density at radius 3 is 2.47 bits per heavy atom. The van der Waals surface area contributed by atoms with Crippen molar-refractivity contribution in [2.45, 2.75) is 0 Å². The van der Waals surface area contributed by atoms with Crippen LogP contribution in [0.5, 0.6) is 11.5 Å². The largest absolute Gasteiger partial charge is 0.493 e. The number of carbonyl (C=O) groups is 1. The van der Waals surface area contributed by atoms with Crippen molar-refractivity contribution in [3.8, 4) is 11.5 Å². The third-order valence-electron chi connectivity index (χ3n) is 2.64. The second-order valence-corrected chi connectivity index (χ2v) is 3.57. The van der Waals surface area contributed by atoms with Gasteiger partial charge in [0.2, 0.25) is 0 Å². The van der Waals surface area contributed by atoms with Crippen molar-refractivity contribution in [3.05, 3.63) is 35.9 Å². The summed E-state index contributed by atoms with van der Waals surface area (Å²) in [6.07, 6.45) is 0. The highest BCUT2D eigenvalue weighted by Gasteiger charge is 2.18. The van der Waals surface area contributed by atoms with E-state index in [1.165, 1.54) is 14.2 Å². The van der Waals surface area contributed by atoms with E-state index in [1.54, 1.807) is 0 Å². The van der Waals surface area contributed by atoms with E-state index in [9.17, 15) is 4.79 Å². The van der Waals surface area contributed by atoms with Crippen molar-refractivity contribution in [3.63, 3.8) is 0 Å². The zero-order valence-corrected chi connectivity index (χ0v) is 9.69. The van der Waals surface area contributed by atoms with Crippen LogP contribution >= 0.6 is 0 Å². The van der Waals surface area contributed by atoms with Gasteiger partial charge in [-0.3, -0.25) is 4.79 Å². The number of benzene rings is 2. The topological polar surface area (TPSA) is 61.5 Å². The van der Waals surface area contributed by atoms with Crippen LogP contribution in [0.3, 0.4) is 0 Å². The predicted molar refractivity (Wildman–Crippen MR) is 65.6 cm³/mol. The molecule has 0 aromatic heterocycles. The lowest BCUT2D eigenvalue weighted by atomic mass is 10.0. The average Bonchev–Trinajstić information content (AvgIpc) is 2.35. The minimum Gasteiger partial charge on any atom is -0.493 e. The maximum absolute atomic E-state index is 11.5. The Morgan fingerprint density at radius 1 is 1.18 bits per heavy atom. The van der Waals surface area contributed by atoms with Gasteiger partial charge in [0.1, 0.15) is 0 Å². The van der Waals surface area contributed by atoms with E-state index in [2.05, 4.69) is 0 Å². The van der Waals surface area contributed by atoms with E-state index in [-0.39, 0.29) is 0 Å². The van der Waals surface area contributed by atoms with Crippen LogP contribution < -0.4 is 15.2 Å². The average molecular weight is 231 g/mol. The second kappa shape index (κ2) is 4.33. The van der Waals surface area contributed by atoms with Gasteiger partial charge in [0, 0.05) is 0 Å². The van der Waals surface area contributed by atoms with E-state index in [4.69, 9.17) is 15.2 Å². The Labute approximate surface area is 98.9 Å². The quantitative estimate of drug-likeness (QED) is 0.878. The van der Waals surface area contributed by atoms with Gasteiger partial charge in [-0.2, -0.15) is 0 Å². The molecule has 0 saturated heterocycles. The number of fused-ring (bicyclic) bond motifs is 1. The zero-order valence-electron chi connectivity index (χ0n) is 9.69. The number of nitrogens with two attached hydrogens (primary N) is 1. The summed E-state index contributed by atoms with van der Waals surface area (Å²) in [7, 11) is 3.01. The normalized spacial score (nSPS) is 10.2. The molecule has 17 heavy (non-hydrogen) atoms. The monoisotopic (exact) mass is 231 g/mol. The Bertz CT molecular complexity index is 578. The first-order valence-electron chi connectivity index (χ1n) is 5.12. The maximum atomic E-state index is 11.5. The summed E-state index contributed by atoms with van der Waals surface area (Å²) in [5, 5.41) is 1.65. The van der Waals surface area contributed by atoms with Gasteiger partial charge < -0.3 is 15.2 Å². The van der Waals surface area contributed by atoms with Crippen molar-refractivity contribution >= 4 is 16.7 Å². The minimum atomic E-state index is -0.531. The predicted octanol–water partition coefficient (Wildman–Crippen LogP) is 1.96. The Morgan fingerprint density at radius 2 is 1.88 bits per heavy atom. The number of primary amides is 1. The molecule has 4 nitrogen and oxygen atoms in total. The molecule has 2 rings (SSSR count). The lowest BCUT2D eigenvalue weighted by molar-refractivity contribution is 0.0998. The number of amides is 1. The molecular formula is C13H13NO3. The van der Waals surface area contributed by atoms with Gasteiger partial charge in [-0.25, -0.2) is 0 Å². The zero-order chi connectivity index (χ0) is 12.4. The molecule has 0 atom stereocenters. The van der Waals surface area contributed by atoms with E-state index in [0.717, 1.165) is 10.8 Å². The summed E-state index contributed by atoms with van der Waals surface area (Å²) in [5.74, 6) is 0.343. The summed E-state index contributed by atoms with van der Waals surface area (Å²) in [5.41, 5.74) is 5.75. The SMILES string of the molecule is COc1cc2ccccc2c(C(N)=O)c1OC. The van der Waals surface area contributed by atoms with E-state index in [0.29, 0.717) is 17.1 Å². The molecule has 1 amide bonds. The molecule has 4 heteroatoms. The van der Waals surface area contributed by atoms with Gasteiger partial charge in [0.15, 0.2) is 11.5 Å². The van der Waals surface area contributed by atoms with Crippen molar-refractivity contribution in [1.82, 2.24) is 0 Å². The fraction of sp³-hybridized carbons (Fsp3) is 0.154. The first kappa shape index (κ1) is 11.3. The van der Waals surface area contributed by atoms with Gasteiger partial charge in [-0.05, 0) is 16.8 Å². The molecule has 0 spiro atoms. The summed E-state index contributed by atoms with van der Waals surface area (Å²) in [4.78, 5) is 11.5. The van der Waals surface area contributed by atoms with Gasteiger partial charge >= 0.3 is 0 Å². The second-order valence-electron chi connectivity index (χ2n) is 3.57. The molecule has 0 radical (unpaired) electrons. The highest BCUT2D eigenvalue weighted by Crippen LogP contribution is 2.36. The van der Waals surface area contributed by atoms with Gasteiger partial charge in [0.25, 0.3) is 5.91 Å². The molecule has 2 aromatic rings. The number of methoxy groups -OCH3 is 2. The van der Waals surface area contributed by atoms with Crippen LogP contribution in [0.25, 0.3) is 10.8 Å². The standard InChI is InChI=1S/C13H13NO3/c1-16-10-7-8-5-3-4-6-9(8)11(13(14)15)12(10)17-2/h3-7H,1-2H3,(H2,14,15). The van der Waals surface area contributed by atoms with Gasteiger partial charge in [-0.15, -0.1) is 0 Å². The first-order chi connectivity index (χ1) is 8.19. The Hall–Kier alpha value is -2.23. The highest BCUT2D eigenvalue weighted by atomic mass is 16.5. The molecule has 0 unspecified atom stereocenters. The molecule has 0 heterocycles. The van der Waals surface area contributed by atoms with Gasteiger partial charge in [0.05, 0.1) is 19.8 Å². The van der Waals surface area contributed by atoms with Crippen LogP contribution in [0, 0.1) is 0 Å². The lowest BCUT2D eigenvalue weighted by Gasteiger charge is -2.13. The third kappa shape index (κ3) is 1.78. The minimum absolute atomic E-state index is 0.349. The number of hydrogen-bond donors (Lipinski definition) is 1. The lowest BCUT2D eigenvalue weighted by Crippen LogP contribution is -2.13. The summed E-state index contributed by atoms with van der Waals surface area (Å²) >= 11 is 0. The van der Waals surface area contributed by atoms with Crippen LogP contribution in [0.2, 0.25) is 0 Å². The molecule has 0 bridgehead atoms. The maximum Gasteiger partial charge on any atom is 0.253 e. The molecule has 0 aliphatic heterocycles. The molecular weight excluding hydrogens is 218 g/mol. The first-order valence-corrected chi connectivity index (χ1v) is 5.12. The molecule has 88 valence electrons. The van der Waals surface area contributed by atoms with E-state index in [1.807, 2.05) is 30.3 Å². The number of hydrogen-bond acceptors (Lipinski definition) is 3. The van der Waals surface area contributed by atoms with Gasteiger partial charge in [-0.1, -0.05) is 24.3 Å².